The van der Waals surface area contributed by atoms with Crippen molar-refractivity contribution in [2.24, 2.45) is 0 Å². The first-order valence-corrected chi connectivity index (χ1v) is 7.94. The fourth-order valence-corrected chi connectivity index (χ4v) is 2.48. The van der Waals surface area contributed by atoms with E-state index in [1.54, 1.807) is 36.8 Å². The van der Waals surface area contributed by atoms with Gasteiger partial charge in [-0.25, -0.2) is 9.37 Å². The Bertz CT molecular complexity index is 869. The first-order valence-electron chi connectivity index (χ1n) is 7.57. The normalized spacial score (nSPS) is 10.5. The molecule has 0 atom stereocenters. The number of anilines is 1. The van der Waals surface area contributed by atoms with Gasteiger partial charge in [0.1, 0.15) is 18.2 Å². The van der Waals surface area contributed by atoms with Gasteiger partial charge in [0.05, 0.1) is 23.5 Å². The molecule has 1 amide bonds. The zero-order valence-electron chi connectivity index (χ0n) is 13.2. The number of carbonyl (C=O) groups is 1. The Hall–Kier alpha value is -2.86. The lowest BCUT2D eigenvalue weighted by molar-refractivity contribution is 0.102. The van der Waals surface area contributed by atoms with Crippen molar-refractivity contribution >= 4 is 23.2 Å². The Kier molecular flexibility index (Phi) is 5.30. The highest BCUT2D eigenvalue weighted by Crippen LogP contribution is 2.21. The van der Waals surface area contributed by atoms with Crippen LogP contribution in [0.1, 0.15) is 10.4 Å². The number of nitrogens with one attached hydrogen (secondary N) is 1. The molecular weight excluding hydrogens is 345 g/mol. The second-order valence-electron chi connectivity index (χ2n) is 5.26. The van der Waals surface area contributed by atoms with Gasteiger partial charge in [-0.1, -0.05) is 17.7 Å². The smallest absolute Gasteiger partial charge is 0.257 e. The molecule has 0 radical (unpaired) electrons. The number of ether oxygens (including phenoxy) is 1. The SMILES string of the molecule is O=C(Nc1cccc(OCCn2ccnc2)c1)c1ccc(F)cc1Cl. The molecule has 1 aromatic heterocycles. The summed E-state index contributed by atoms with van der Waals surface area (Å²) in [6.45, 7) is 1.14. The number of amides is 1. The zero-order valence-corrected chi connectivity index (χ0v) is 13.9. The number of halogens is 2. The van der Waals surface area contributed by atoms with Gasteiger partial charge in [0.15, 0.2) is 0 Å². The molecule has 5 nitrogen and oxygen atoms in total. The van der Waals surface area contributed by atoms with E-state index >= 15 is 0 Å². The van der Waals surface area contributed by atoms with Crippen LogP contribution in [0.2, 0.25) is 5.02 Å². The van der Waals surface area contributed by atoms with E-state index in [2.05, 4.69) is 10.3 Å². The van der Waals surface area contributed by atoms with E-state index < -0.39 is 11.7 Å². The fourth-order valence-electron chi connectivity index (χ4n) is 2.22. The summed E-state index contributed by atoms with van der Waals surface area (Å²) in [4.78, 5) is 16.2. The van der Waals surface area contributed by atoms with E-state index in [4.69, 9.17) is 16.3 Å². The summed E-state index contributed by atoms with van der Waals surface area (Å²) < 4.78 is 20.6. The van der Waals surface area contributed by atoms with Crippen LogP contribution in [0.25, 0.3) is 0 Å². The first kappa shape index (κ1) is 17.0. The van der Waals surface area contributed by atoms with E-state index in [0.29, 0.717) is 24.6 Å². The zero-order chi connectivity index (χ0) is 17.6. The minimum absolute atomic E-state index is 0.0604. The van der Waals surface area contributed by atoms with Gasteiger partial charge in [0, 0.05) is 24.1 Å². The third-order valence-electron chi connectivity index (χ3n) is 3.45. The predicted molar refractivity (Wildman–Crippen MR) is 93.5 cm³/mol. The van der Waals surface area contributed by atoms with E-state index in [1.165, 1.54) is 12.1 Å². The van der Waals surface area contributed by atoms with Crippen molar-refractivity contribution in [1.29, 1.82) is 0 Å². The van der Waals surface area contributed by atoms with Crippen molar-refractivity contribution in [3.8, 4) is 5.75 Å². The van der Waals surface area contributed by atoms with Crippen molar-refractivity contribution in [1.82, 2.24) is 9.55 Å². The Balaban J connectivity index is 1.61. The van der Waals surface area contributed by atoms with E-state index in [9.17, 15) is 9.18 Å². The van der Waals surface area contributed by atoms with Crippen molar-refractivity contribution in [3.63, 3.8) is 0 Å². The van der Waals surface area contributed by atoms with Gasteiger partial charge in [-0.15, -0.1) is 0 Å². The molecule has 0 aliphatic rings. The summed E-state index contributed by atoms with van der Waals surface area (Å²) in [5.41, 5.74) is 0.764. The molecule has 0 saturated carbocycles. The third kappa shape index (κ3) is 4.58. The van der Waals surface area contributed by atoms with Crippen molar-refractivity contribution < 1.29 is 13.9 Å². The van der Waals surface area contributed by atoms with Crippen molar-refractivity contribution in [2.45, 2.75) is 6.54 Å². The van der Waals surface area contributed by atoms with Crippen molar-refractivity contribution in [2.75, 3.05) is 11.9 Å². The molecule has 1 heterocycles. The number of nitrogens with zero attached hydrogens (tertiary/aromatic N) is 2. The molecule has 0 saturated heterocycles. The number of hydrogen-bond donors (Lipinski definition) is 1. The molecule has 25 heavy (non-hydrogen) atoms. The minimum Gasteiger partial charge on any atom is -0.492 e. The summed E-state index contributed by atoms with van der Waals surface area (Å²) in [5.74, 6) is -0.279. The summed E-state index contributed by atoms with van der Waals surface area (Å²) in [6.07, 6.45) is 5.27. The molecule has 0 fully saturated rings. The second kappa shape index (κ2) is 7.81. The van der Waals surface area contributed by atoms with Crippen LogP contribution < -0.4 is 10.1 Å². The Labute approximate surface area is 149 Å². The highest BCUT2D eigenvalue weighted by molar-refractivity contribution is 6.34. The van der Waals surface area contributed by atoms with Gasteiger partial charge >= 0.3 is 0 Å². The lowest BCUT2D eigenvalue weighted by atomic mass is 10.2. The molecule has 3 aromatic rings. The number of carbonyl (C=O) groups excluding carboxylic acids is 1. The summed E-state index contributed by atoms with van der Waals surface area (Å²) >= 11 is 5.91. The molecule has 0 spiro atoms. The molecule has 0 aliphatic carbocycles. The molecule has 0 bridgehead atoms. The van der Waals surface area contributed by atoms with Crippen molar-refractivity contribution in [3.05, 3.63) is 77.6 Å². The second-order valence-corrected chi connectivity index (χ2v) is 5.66. The van der Waals surface area contributed by atoms with E-state index in [0.717, 1.165) is 6.07 Å². The highest BCUT2D eigenvalue weighted by Gasteiger charge is 2.11. The molecular formula is C18H15ClFN3O2. The molecule has 0 aliphatic heterocycles. The van der Waals surface area contributed by atoms with Crippen LogP contribution in [0.4, 0.5) is 10.1 Å². The third-order valence-corrected chi connectivity index (χ3v) is 3.76. The van der Waals surface area contributed by atoms with Crippen LogP contribution in [0.15, 0.2) is 61.2 Å². The maximum atomic E-state index is 13.1. The number of benzene rings is 2. The molecule has 3 rings (SSSR count). The number of imidazole rings is 1. The Morgan fingerprint density at radius 1 is 1.28 bits per heavy atom. The summed E-state index contributed by atoms with van der Waals surface area (Å²) in [6, 6.07) is 10.7. The van der Waals surface area contributed by atoms with Crippen LogP contribution >= 0.6 is 11.6 Å². The predicted octanol–water partition coefficient (Wildman–Crippen LogP) is 4.01. The number of aromatic nitrogens is 2. The van der Waals surface area contributed by atoms with Gasteiger partial charge in [0.2, 0.25) is 0 Å². The maximum absolute atomic E-state index is 13.1. The van der Waals surface area contributed by atoms with Crippen LogP contribution in [0, 0.1) is 5.82 Å². The number of hydrogen-bond acceptors (Lipinski definition) is 3. The Morgan fingerprint density at radius 3 is 2.92 bits per heavy atom. The number of rotatable bonds is 6. The molecule has 0 unspecified atom stereocenters. The molecule has 1 N–H and O–H groups in total. The molecule has 7 heteroatoms. The lowest BCUT2D eigenvalue weighted by Gasteiger charge is -2.10. The van der Waals surface area contributed by atoms with E-state index in [-0.39, 0.29) is 10.6 Å². The Morgan fingerprint density at radius 2 is 2.16 bits per heavy atom. The van der Waals surface area contributed by atoms with E-state index in [1.807, 2.05) is 10.8 Å². The van der Waals surface area contributed by atoms with Crippen LogP contribution in [0.3, 0.4) is 0 Å². The largest absolute Gasteiger partial charge is 0.492 e. The topological polar surface area (TPSA) is 56.1 Å². The van der Waals surface area contributed by atoms with Gasteiger partial charge < -0.3 is 14.6 Å². The molecule has 2 aromatic carbocycles. The summed E-state index contributed by atoms with van der Waals surface area (Å²) in [7, 11) is 0. The van der Waals surface area contributed by atoms with Crippen LogP contribution in [-0.2, 0) is 6.54 Å². The van der Waals surface area contributed by atoms with Gasteiger partial charge in [0.25, 0.3) is 5.91 Å². The average molecular weight is 360 g/mol. The fraction of sp³-hybridized carbons (Fsp3) is 0.111. The molecule has 128 valence electrons. The average Bonchev–Trinajstić information content (AvgIpc) is 3.08. The lowest BCUT2D eigenvalue weighted by Crippen LogP contribution is -2.13. The van der Waals surface area contributed by atoms with Gasteiger partial charge in [-0.2, -0.15) is 0 Å². The minimum atomic E-state index is -0.491. The quantitative estimate of drug-likeness (QED) is 0.723. The first-order chi connectivity index (χ1) is 12.1. The van der Waals surface area contributed by atoms with Crippen LogP contribution in [-0.4, -0.2) is 22.1 Å². The summed E-state index contributed by atoms with van der Waals surface area (Å²) in [5, 5.41) is 2.78. The maximum Gasteiger partial charge on any atom is 0.257 e. The van der Waals surface area contributed by atoms with Crippen LogP contribution in [0.5, 0.6) is 5.75 Å². The highest BCUT2D eigenvalue weighted by atomic mass is 35.5. The van der Waals surface area contributed by atoms with Gasteiger partial charge in [-0.3, -0.25) is 4.79 Å². The monoisotopic (exact) mass is 359 g/mol. The van der Waals surface area contributed by atoms with Gasteiger partial charge in [-0.05, 0) is 30.3 Å². The standard InChI is InChI=1S/C18H15ClFN3O2/c19-17-10-13(20)4-5-16(17)18(24)22-14-2-1-3-15(11-14)25-9-8-23-7-6-21-12-23/h1-7,10-12H,8-9H2,(H,22,24).